The Hall–Kier alpha value is -4.59. The number of hydrogen-bond acceptors (Lipinski definition) is 7. The first-order chi connectivity index (χ1) is 16.0. The monoisotopic (exact) mass is 444 g/mol. The molecule has 0 bridgehead atoms. The van der Waals surface area contributed by atoms with Gasteiger partial charge in [0.1, 0.15) is 17.2 Å². The number of carbonyl (C=O) groups is 1. The fraction of sp³-hybridized carbons (Fsp3) is 0.0800. The van der Waals surface area contributed by atoms with Crippen molar-refractivity contribution in [3.05, 3.63) is 88.3 Å². The van der Waals surface area contributed by atoms with Crippen molar-refractivity contribution in [3.8, 4) is 17.4 Å². The first kappa shape index (κ1) is 21.6. The Labute approximate surface area is 188 Å². The Morgan fingerprint density at radius 1 is 0.970 bits per heavy atom. The van der Waals surface area contributed by atoms with Gasteiger partial charge in [0.15, 0.2) is 0 Å². The Balaban J connectivity index is 1.72. The van der Waals surface area contributed by atoms with E-state index in [0.717, 1.165) is 0 Å². The van der Waals surface area contributed by atoms with Gasteiger partial charge in [0, 0.05) is 29.3 Å². The Bertz CT molecular complexity index is 1410. The SMILES string of the molecule is COc1cc(NC(=O)c2ccccc2)c(OC)cc1N=Cc1c(O)oc(=O)c2ccccc12. The van der Waals surface area contributed by atoms with Crippen LogP contribution in [-0.2, 0) is 0 Å². The van der Waals surface area contributed by atoms with Gasteiger partial charge < -0.3 is 24.3 Å². The summed E-state index contributed by atoms with van der Waals surface area (Å²) in [6.07, 6.45) is 1.38. The minimum atomic E-state index is -0.641. The van der Waals surface area contributed by atoms with Gasteiger partial charge in [0.2, 0.25) is 0 Å². The lowest BCUT2D eigenvalue weighted by Crippen LogP contribution is -2.12. The van der Waals surface area contributed by atoms with E-state index in [9.17, 15) is 14.7 Å². The highest BCUT2D eigenvalue weighted by Gasteiger charge is 2.15. The number of methoxy groups -OCH3 is 2. The van der Waals surface area contributed by atoms with Crippen LogP contribution in [0.3, 0.4) is 0 Å². The Kier molecular flexibility index (Phi) is 6.08. The molecule has 0 saturated carbocycles. The molecule has 0 aliphatic rings. The van der Waals surface area contributed by atoms with E-state index in [0.29, 0.717) is 39.2 Å². The molecule has 1 aromatic heterocycles. The van der Waals surface area contributed by atoms with E-state index in [1.54, 1.807) is 60.7 Å². The third kappa shape index (κ3) is 4.40. The van der Waals surface area contributed by atoms with Crippen molar-refractivity contribution in [2.75, 3.05) is 19.5 Å². The van der Waals surface area contributed by atoms with E-state index >= 15 is 0 Å². The maximum absolute atomic E-state index is 12.6. The molecule has 4 rings (SSSR count). The molecule has 8 nitrogen and oxygen atoms in total. The Morgan fingerprint density at radius 2 is 1.64 bits per heavy atom. The minimum Gasteiger partial charge on any atom is -0.494 e. The number of carbonyl (C=O) groups excluding carboxylic acids is 1. The van der Waals surface area contributed by atoms with Crippen molar-refractivity contribution in [2.45, 2.75) is 0 Å². The summed E-state index contributed by atoms with van der Waals surface area (Å²) >= 11 is 0. The highest BCUT2D eigenvalue weighted by atomic mass is 16.5. The molecule has 0 unspecified atom stereocenters. The summed E-state index contributed by atoms with van der Waals surface area (Å²) in [4.78, 5) is 29.0. The van der Waals surface area contributed by atoms with Gasteiger partial charge in [0.25, 0.3) is 11.9 Å². The molecule has 4 aromatic rings. The smallest absolute Gasteiger partial charge is 0.346 e. The van der Waals surface area contributed by atoms with Crippen LogP contribution in [0.2, 0.25) is 0 Å². The van der Waals surface area contributed by atoms with Gasteiger partial charge in [-0.1, -0.05) is 36.4 Å². The van der Waals surface area contributed by atoms with Gasteiger partial charge in [-0.3, -0.25) is 9.79 Å². The number of nitrogens with one attached hydrogen (secondary N) is 1. The molecule has 1 amide bonds. The van der Waals surface area contributed by atoms with E-state index < -0.39 is 11.6 Å². The predicted octanol–water partition coefficient (Wildman–Crippen LogP) is 4.52. The van der Waals surface area contributed by atoms with Crippen LogP contribution < -0.4 is 20.4 Å². The lowest BCUT2D eigenvalue weighted by atomic mass is 10.1. The minimum absolute atomic E-state index is 0.243. The van der Waals surface area contributed by atoms with Gasteiger partial charge in [-0.25, -0.2) is 4.79 Å². The maximum atomic E-state index is 12.6. The van der Waals surface area contributed by atoms with Crippen LogP contribution in [0, 0.1) is 0 Å². The summed E-state index contributed by atoms with van der Waals surface area (Å²) in [5.41, 5.74) is 0.877. The molecule has 1 heterocycles. The van der Waals surface area contributed by atoms with Crippen LogP contribution in [0.15, 0.2) is 80.9 Å². The van der Waals surface area contributed by atoms with Gasteiger partial charge in [-0.2, -0.15) is 0 Å². The van der Waals surface area contributed by atoms with Crippen LogP contribution >= 0.6 is 0 Å². The number of anilines is 1. The fourth-order valence-electron chi connectivity index (χ4n) is 3.33. The van der Waals surface area contributed by atoms with E-state index in [4.69, 9.17) is 13.9 Å². The zero-order valence-electron chi connectivity index (χ0n) is 17.9. The van der Waals surface area contributed by atoms with Crippen molar-refractivity contribution in [1.82, 2.24) is 0 Å². The lowest BCUT2D eigenvalue weighted by Gasteiger charge is -2.14. The second-order valence-corrected chi connectivity index (χ2v) is 6.96. The van der Waals surface area contributed by atoms with Crippen molar-refractivity contribution in [2.24, 2.45) is 4.99 Å². The van der Waals surface area contributed by atoms with Crippen LogP contribution in [0.25, 0.3) is 10.8 Å². The van der Waals surface area contributed by atoms with Crippen molar-refractivity contribution in [1.29, 1.82) is 0 Å². The summed E-state index contributed by atoms with van der Waals surface area (Å²) in [5.74, 6) is -0.125. The van der Waals surface area contributed by atoms with Crippen LogP contribution in [0.5, 0.6) is 17.4 Å². The number of aliphatic imine (C=N–C) groups is 1. The highest BCUT2D eigenvalue weighted by Crippen LogP contribution is 2.38. The average molecular weight is 444 g/mol. The molecule has 166 valence electrons. The van der Waals surface area contributed by atoms with Crippen molar-refractivity contribution in [3.63, 3.8) is 0 Å². The largest absolute Gasteiger partial charge is 0.494 e. The third-order valence-corrected chi connectivity index (χ3v) is 4.97. The standard InChI is InChI=1S/C25H20N2O6/c1-31-21-13-20(27-23(28)15-8-4-3-5-9-15)22(32-2)12-19(21)26-14-18-16-10-6-7-11-17(16)24(29)33-25(18)30/h3-14,30H,1-2H3,(H,27,28). The van der Waals surface area contributed by atoms with Gasteiger partial charge in [-0.15, -0.1) is 0 Å². The fourth-order valence-corrected chi connectivity index (χ4v) is 3.33. The second-order valence-electron chi connectivity index (χ2n) is 6.96. The molecular weight excluding hydrogens is 424 g/mol. The molecule has 0 fully saturated rings. The third-order valence-electron chi connectivity index (χ3n) is 4.97. The molecule has 33 heavy (non-hydrogen) atoms. The van der Waals surface area contributed by atoms with E-state index in [1.165, 1.54) is 20.4 Å². The Morgan fingerprint density at radius 3 is 2.33 bits per heavy atom. The van der Waals surface area contributed by atoms with Crippen LogP contribution in [0.1, 0.15) is 15.9 Å². The molecule has 2 N–H and O–H groups in total. The van der Waals surface area contributed by atoms with Crippen LogP contribution in [0.4, 0.5) is 11.4 Å². The number of rotatable bonds is 6. The van der Waals surface area contributed by atoms with Crippen LogP contribution in [-0.4, -0.2) is 31.4 Å². The summed E-state index contributed by atoms with van der Waals surface area (Å²) in [7, 11) is 2.94. The normalized spacial score (nSPS) is 11.0. The quantitative estimate of drug-likeness (QED) is 0.423. The molecule has 0 saturated heterocycles. The number of ether oxygens (including phenoxy) is 2. The first-order valence-electron chi connectivity index (χ1n) is 9.93. The molecule has 0 aliphatic heterocycles. The van der Waals surface area contributed by atoms with E-state index in [1.807, 2.05) is 6.07 Å². The number of hydrogen-bond donors (Lipinski definition) is 2. The zero-order chi connectivity index (χ0) is 23.4. The van der Waals surface area contributed by atoms with Crippen molar-refractivity contribution >= 4 is 34.3 Å². The summed E-state index contributed by atoms with van der Waals surface area (Å²) < 4.78 is 15.8. The number of benzene rings is 3. The molecule has 0 atom stereocenters. The van der Waals surface area contributed by atoms with E-state index in [2.05, 4.69) is 10.3 Å². The molecule has 3 aromatic carbocycles. The number of fused-ring (bicyclic) bond motifs is 1. The number of aromatic hydroxyl groups is 1. The molecule has 8 heteroatoms. The molecule has 0 radical (unpaired) electrons. The first-order valence-corrected chi connectivity index (χ1v) is 9.93. The summed E-state index contributed by atoms with van der Waals surface area (Å²) in [5, 5.41) is 13.8. The molecular formula is C25H20N2O6. The van der Waals surface area contributed by atoms with Gasteiger partial charge in [0.05, 0.1) is 30.9 Å². The molecule has 0 aliphatic carbocycles. The van der Waals surface area contributed by atoms with Gasteiger partial charge in [-0.05, 0) is 18.2 Å². The van der Waals surface area contributed by atoms with Crippen molar-refractivity contribution < 1.29 is 23.8 Å². The maximum Gasteiger partial charge on any atom is 0.346 e. The summed E-state index contributed by atoms with van der Waals surface area (Å²) in [6.45, 7) is 0. The average Bonchev–Trinajstić information content (AvgIpc) is 2.84. The zero-order valence-corrected chi connectivity index (χ0v) is 17.9. The number of nitrogens with zero attached hydrogens (tertiary/aromatic N) is 1. The summed E-state index contributed by atoms with van der Waals surface area (Å²) in [6, 6.07) is 18.7. The predicted molar refractivity (Wildman–Crippen MR) is 125 cm³/mol. The van der Waals surface area contributed by atoms with Gasteiger partial charge >= 0.3 is 5.63 Å². The topological polar surface area (TPSA) is 110 Å². The second kappa shape index (κ2) is 9.27. The highest BCUT2D eigenvalue weighted by molar-refractivity contribution is 6.05. The van der Waals surface area contributed by atoms with E-state index in [-0.39, 0.29) is 11.5 Å². The lowest BCUT2D eigenvalue weighted by molar-refractivity contribution is 0.102. The molecule has 0 spiro atoms. The number of amides is 1.